The molecule has 0 heterocycles. The number of hydrogen-bond donors (Lipinski definition) is 1. The zero-order valence-electron chi connectivity index (χ0n) is 15.7. The molecule has 0 aromatic heterocycles. The molecule has 0 unspecified atom stereocenters. The van der Waals surface area contributed by atoms with E-state index in [1.807, 2.05) is 25.1 Å². The van der Waals surface area contributed by atoms with E-state index in [0.29, 0.717) is 23.4 Å². The molecule has 0 spiro atoms. The van der Waals surface area contributed by atoms with Crippen LogP contribution in [0.2, 0.25) is 0 Å². The van der Waals surface area contributed by atoms with Gasteiger partial charge in [0.1, 0.15) is 5.75 Å². The molecule has 27 heavy (non-hydrogen) atoms. The molecule has 2 rings (SSSR count). The number of carbonyl (C=O) groups excluding carboxylic acids is 3. The zero-order chi connectivity index (χ0) is 19.8. The quantitative estimate of drug-likeness (QED) is 0.568. The van der Waals surface area contributed by atoms with Crippen molar-refractivity contribution in [3.8, 4) is 5.75 Å². The number of hydrogen-bond acceptors (Lipinski definition) is 5. The third-order valence-corrected chi connectivity index (χ3v) is 3.82. The maximum Gasteiger partial charge on any atom is 0.344 e. The number of aryl methyl sites for hydroxylation is 1. The standard InChI is InChI=1S/C21H23NO5/c1-4-19(23)16-8-10-18(11-9-16)26-13-20(24)27-15(3)21(25)22-17-7-5-6-14(2)12-17/h5-12,15H,4,13H2,1-3H3,(H,22,25)/t15-/m0/s1. The van der Waals surface area contributed by atoms with Crippen LogP contribution in [0.4, 0.5) is 5.69 Å². The number of ketones is 1. The number of esters is 1. The minimum Gasteiger partial charge on any atom is -0.482 e. The van der Waals surface area contributed by atoms with Crippen molar-refractivity contribution in [2.75, 3.05) is 11.9 Å². The Morgan fingerprint density at radius 2 is 1.78 bits per heavy atom. The van der Waals surface area contributed by atoms with Gasteiger partial charge in [0.25, 0.3) is 5.91 Å². The van der Waals surface area contributed by atoms with Crippen LogP contribution >= 0.6 is 0 Å². The predicted molar refractivity (Wildman–Crippen MR) is 102 cm³/mol. The highest BCUT2D eigenvalue weighted by Gasteiger charge is 2.18. The van der Waals surface area contributed by atoms with E-state index in [1.54, 1.807) is 37.3 Å². The van der Waals surface area contributed by atoms with Gasteiger partial charge < -0.3 is 14.8 Å². The summed E-state index contributed by atoms with van der Waals surface area (Å²) in [6.45, 7) is 4.87. The first-order valence-electron chi connectivity index (χ1n) is 8.72. The fourth-order valence-corrected chi connectivity index (χ4v) is 2.33. The third-order valence-electron chi connectivity index (χ3n) is 3.82. The summed E-state index contributed by atoms with van der Waals surface area (Å²) in [7, 11) is 0. The molecule has 0 saturated carbocycles. The lowest BCUT2D eigenvalue weighted by Crippen LogP contribution is -2.31. The highest BCUT2D eigenvalue weighted by Crippen LogP contribution is 2.14. The Morgan fingerprint density at radius 3 is 2.41 bits per heavy atom. The number of carbonyl (C=O) groups is 3. The normalized spacial score (nSPS) is 11.4. The molecule has 0 saturated heterocycles. The Morgan fingerprint density at radius 1 is 1.07 bits per heavy atom. The topological polar surface area (TPSA) is 81.7 Å². The summed E-state index contributed by atoms with van der Waals surface area (Å²) in [6.07, 6.45) is -0.527. The summed E-state index contributed by atoms with van der Waals surface area (Å²) >= 11 is 0. The van der Waals surface area contributed by atoms with Crippen molar-refractivity contribution < 1.29 is 23.9 Å². The molecule has 0 bridgehead atoms. The van der Waals surface area contributed by atoms with Gasteiger partial charge in [-0.1, -0.05) is 19.1 Å². The van der Waals surface area contributed by atoms with Crippen LogP contribution in [0.1, 0.15) is 36.2 Å². The second-order valence-electron chi connectivity index (χ2n) is 6.08. The van der Waals surface area contributed by atoms with Gasteiger partial charge in [0.05, 0.1) is 0 Å². The van der Waals surface area contributed by atoms with Crippen molar-refractivity contribution in [2.24, 2.45) is 0 Å². The number of ether oxygens (including phenoxy) is 2. The average Bonchev–Trinajstić information content (AvgIpc) is 2.66. The summed E-state index contributed by atoms with van der Waals surface area (Å²) in [4.78, 5) is 35.6. The Kier molecular flexibility index (Phi) is 7.11. The molecule has 0 aliphatic rings. The highest BCUT2D eigenvalue weighted by atomic mass is 16.6. The van der Waals surface area contributed by atoms with Crippen molar-refractivity contribution in [3.63, 3.8) is 0 Å². The van der Waals surface area contributed by atoms with E-state index in [2.05, 4.69) is 5.32 Å². The summed E-state index contributed by atoms with van der Waals surface area (Å²) in [5, 5.41) is 2.70. The number of rotatable bonds is 8. The zero-order valence-corrected chi connectivity index (χ0v) is 15.7. The van der Waals surface area contributed by atoms with Gasteiger partial charge in [-0.15, -0.1) is 0 Å². The first-order chi connectivity index (χ1) is 12.9. The summed E-state index contributed by atoms with van der Waals surface area (Å²) in [6, 6.07) is 13.8. The van der Waals surface area contributed by atoms with Crippen LogP contribution in [-0.4, -0.2) is 30.4 Å². The molecule has 0 aliphatic carbocycles. The summed E-state index contributed by atoms with van der Waals surface area (Å²) in [5.41, 5.74) is 2.24. The second kappa shape index (κ2) is 9.52. The van der Waals surface area contributed by atoms with Gasteiger partial charge in [0.2, 0.25) is 0 Å². The van der Waals surface area contributed by atoms with Crippen LogP contribution in [-0.2, 0) is 14.3 Å². The predicted octanol–water partition coefficient (Wildman–Crippen LogP) is 3.54. The number of amides is 1. The number of benzene rings is 2. The van der Waals surface area contributed by atoms with E-state index in [4.69, 9.17) is 9.47 Å². The highest BCUT2D eigenvalue weighted by molar-refractivity contribution is 5.96. The summed E-state index contributed by atoms with van der Waals surface area (Å²) in [5.74, 6) is -0.599. The van der Waals surface area contributed by atoms with Crippen molar-refractivity contribution in [1.29, 1.82) is 0 Å². The van der Waals surface area contributed by atoms with Gasteiger partial charge >= 0.3 is 5.97 Å². The second-order valence-corrected chi connectivity index (χ2v) is 6.08. The summed E-state index contributed by atoms with van der Waals surface area (Å²) < 4.78 is 10.4. The van der Waals surface area contributed by atoms with E-state index in [1.165, 1.54) is 6.92 Å². The average molecular weight is 369 g/mol. The Balaban J connectivity index is 1.80. The SMILES string of the molecule is CCC(=O)c1ccc(OCC(=O)O[C@@H](C)C(=O)Nc2cccc(C)c2)cc1. The molecule has 2 aromatic carbocycles. The van der Waals surface area contributed by atoms with Gasteiger partial charge in [-0.2, -0.15) is 0 Å². The van der Waals surface area contributed by atoms with Crippen LogP contribution in [0.5, 0.6) is 5.75 Å². The molecule has 0 aliphatic heterocycles. The van der Waals surface area contributed by atoms with Gasteiger partial charge in [0.15, 0.2) is 18.5 Å². The lowest BCUT2D eigenvalue weighted by molar-refractivity contribution is -0.155. The van der Waals surface area contributed by atoms with Crippen LogP contribution < -0.4 is 10.1 Å². The lowest BCUT2D eigenvalue weighted by Gasteiger charge is -2.14. The Labute approximate surface area is 158 Å². The Bertz CT molecular complexity index is 814. The van der Waals surface area contributed by atoms with Crippen LogP contribution in [0.3, 0.4) is 0 Å². The smallest absolute Gasteiger partial charge is 0.344 e. The fourth-order valence-electron chi connectivity index (χ4n) is 2.33. The van der Waals surface area contributed by atoms with Crippen molar-refractivity contribution in [1.82, 2.24) is 0 Å². The molecular weight excluding hydrogens is 346 g/mol. The van der Waals surface area contributed by atoms with Gasteiger partial charge in [0, 0.05) is 17.7 Å². The van der Waals surface area contributed by atoms with Crippen molar-refractivity contribution in [2.45, 2.75) is 33.3 Å². The third kappa shape index (κ3) is 6.26. The largest absolute Gasteiger partial charge is 0.482 e. The van der Waals surface area contributed by atoms with Crippen molar-refractivity contribution in [3.05, 3.63) is 59.7 Å². The first kappa shape index (κ1) is 20.2. The van der Waals surface area contributed by atoms with Crippen LogP contribution in [0, 0.1) is 6.92 Å². The molecule has 0 fully saturated rings. The molecule has 1 atom stereocenters. The van der Waals surface area contributed by atoms with E-state index in [0.717, 1.165) is 5.56 Å². The minimum atomic E-state index is -0.953. The van der Waals surface area contributed by atoms with Gasteiger partial charge in [-0.05, 0) is 55.8 Å². The molecule has 2 aromatic rings. The molecule has 1 amide bonds. The number of nitrogens with one attached hydrogen (secondary N) is 1. The van der Waals surface area contributed by atoms with E-state index in [-0.39, 0.29) is 12.4 Å². The number of Topliss-reactive ketones (excluding diaryl/α,β-unsaturated/α-hetero) is 1. The molecule has 6 heteroatoms. The maximum atomic E-state index is 12.1. The first-order valence-corrected chi connectivity index (χ1v) is 8.72. The molecule has 1 N–H and O–H groups in total. The number of anilines is 1. The van der Waals surface area contributed by atoms with E-state index >= 15 is 0 Å². The van der Waals surface area contributed by atoms with Gasteiger partial charge in [-0.3, -0.25) is 9.59 Å². The Hall–Kier alpha value is -3.15. The van der Waals surface area contributed by atoms with Gasteiger partial charge in [-0.25, -0.2) is 4.79 Å². The lowest BCUT2D eigenvalue weighted by atomic mass is 10.1. The molecule has 0 radical (unpaired) electrons. The minimum absolute atomic E-state index is 0.0365. The van der Waals surface area contributed by atoms with E-state index < -0.39 is 18.0 Å². The fraction of sp³-hybridized carbons (Fsp3) is 0.286. The molecule has 6 nitrogen and oxygen atoms in total. The maximum absolute atomic E-state index is 12.1. The van der Waals surface area contributed by atoms with Crippen LogP contribution in [0.15, 0.2) is 48.5 Å². The monoisotopic (exact) mass is 369 g/mol. The van der Waals surface area contributed by atoms with E-state index in [9.17, 15) is 14.4 Å². The van der Waals surface area contributed by atoms with Crippen LogP contribution in [0.25, 0.3) is 0 Å². The van der Waals surface area contributed by atoms with Crippen molar-refractivity contribution >= 4 is 23.3 Å². The molecular formula is C21H23NO5. The molecule has 142 valence electrons.